The average molecular weight is 358 g/mol. The van der Waals surface area contributed by atoms with E-state index in [2.05, 4.69) is 101 Å². The van der Waals surface area contributed by atoms with Crippen LogP contribution in [0, 0.1) is 41.5 Å². The molecule has 1 heteroatoms. The smallest absolute Gasteiger partial charge is 0.0438 e. The van der Waals surface area contributed by atoms with E-state index in [4.69, 9.17) is 0 Å². The van der Waals surface area contributed by atoms with Gasteiger partial charge in [0.15, 0.2) is 0 Å². The molecule has 0 saturated heterocycles. The molecule has 0 bridgehead atoms. The highest BCUT2D eigenvalue weighted by molar-refractivity contribution is 5.60. The third-order valence-electron chi connectivity index (χ3n) is 5.74. The second kappa shape index (κ2) is 8.00. The van der Waals surface area contributed by atoms with Crippen LogP contribution >= 0.6 is 0 Å². The Morgan fingerprint density at radius 1 is 0.481 bits per heavy atom. The first-order valence-corrected chi connectivity index (χ1v) is 9.80. The normalized spacial score (nSPS) is 10.9. The van der Waals surface area contributed by atoms with Crippen molar-refractivity contribution in [3.63, 3.8) is 0 Å². The second-order valence-electron chi connectivity index (χ2n) is 7.84. The molecule has 27 heavy (non-hydrogen) atoms. The van der Waals surface area contributed by atoms with E-state index in [0.717, 1.165) is 13.1 Å². The highest BCUT2D eigenvalue weighted by Crippen LogP contribution is 2.30. The fourth-order valence-corrected chi connectivity index (χ4v) is 4.10. The largest absolute Gasteiger partial charge is 0.362 e. The summed E-state index contributed by atoms with van der Waals surface area (Å²) in [5, 5.41) is 0. The predicted octanol–water partition coefficient (Wildman–Crippen LogP) is 6.74. The predicted molar refractivity (Wildman–Crippen MR) is 118 cm³/mol. The van der Waals surface area contributed by atoms with Gasteiger partial charge < -0.3 is 4.90 Å². The molecule has 0 amide bonds. The van der Waals surface area contributed by atoms with Crippen LogP contribution in [-0.2, 0) is 13.1 Å². The Hall–Kier alpha value is -2.54. The standard InChI is InChI=1S/C26H31N/c1-18-10-7-11-19(2)24(18)16-27(26-22(5)14-9-15-23(26)6)17-25-20(3)12-8-13-21(25)4/h7-15H,16-17H2,1-6H3. The third-order valence-corrected chi connectivity index (χ3v) is 5.74. The maximum Gasteiger partial charge on any atom is 0.0438 e. The Kier molecular flexibility index (Phi) is 5.70. The summed E-state index contributed by atoms with van der Waals surface area (Å²) in [6.45, 7) is 15.2. The zero-order chi connectivity index (χ0) is 19.6. The molecule has 140 valence electrons. The van der Waals surface area contributed by atoms with Crippen molar-refractivity contribution in [3.05, 3.63) is 99.1 Å². The molecular weight excluding hydrogens is 326 g/mol. The van der Waals surface area contributed by atoms with Crippen molar-refractivity contribution >= 4 is 5.69 Å². The minimum absolute atomic E-state index is 0.929. The van der Waals surface area contributed by atoms with Crippen LogP contribution in [0.15, 0.2) is 54.6 Å². The van der Waals surface area contributed by atoms with Gasteiger partial charge in [-0.25, -0.2) is 0 Å². The van der Waals surface area contributed by atoms with Gasteiger partial charge in [0.05, 0.1) is 0 Å². The molecule has 3 aromatic rings. The summed E-state index contributed by atoms with van der Waals surface area (Å²) < 4.78 is 0. The summed E-state index contributed by atoms with van der Waals surface area (Å²) in [5.74, 6) is 0. The zero-order valence-electron chi connectivity index (χ0n) is 17.6. The monoisotopic (exact) mass is 357 g/mol. The summed E-state index contributed by atoms with van der Waals surface area (Å²) in [5.41, 5.74) is 12.4. The molecular formula is C26H31N. The molecule has 0 unspecified atom stereocenters. The van der Waals surface area contributed by atoms with Crippen LogP contribution < -0.4 is 4.90 Å². The van der Waals surface area contributed by atoms with Gasteiger partial charge in [0, 0.05) is 18.8 Å². The Bertz CT molecular complexity index is 838. The van der Waals surface area contributed by atoms with Crippen LogP contribution in [0.2, 0.25) is 0 Å². The number of benzene rings is 3. The van der Waals surface area contributed by atoms with Crippen molar-refractivity contribution in [2.75, 3.05) is 4.90 Å². The maximum atomic E-state index is 2.56. The number of anilines is 1. The summed E-state index contributed by atoms with van der Waals surface area (Å²) >= 11 is 0. The van der Waals surface area contributed by atoms with E-state index >= 15 is 0 Å². The number of rotatable bonds is 5. The maximum absolute atomic E-state index is 2.56. The highest BCUT2D eigenvalue weighted by atomic mass is 15.1. The number of aryl methyl sites for hydroxylation is 6. The van der Waals surface area contributed by atoms with Gasteiger partial charge in [-0.3, -0.25) is 0 Å². The fourth-order valence-electron chi connectivity index (χ4n) is 4.10. The Labute approximate surface area is 164 Å². The summed E-state index contributed by atoms with van der Waals surface area (Å²) in [6, 6.07) is 19.8. The van der Waals surface area contributed by atoms with Crippen LogP contribution in [0.5, 0.6) is 0 Å². The van der Waals surface area contributed by atoms with Gasteiger partial charge >= 0.3 is 0 Å². The molecule has 3 rings (SSSR count). The van der Waals surface area contributed by atoms with Gasteiger partial charge in [-0.05, 0) is 86.1 Å². The van der Waals surface area contributed by atoms with Gasteiger partial charge in [-0.15, -0.1) is 0 Å². The van der Waals surface area contributed by atoms with Crippen molar-refractivity contribution in [3.8, 4) is 0 Å². The lowest BCUT2D eigenvalue weighted by Gasteiger charge is -2.31. The average Bonchev–Trinajstić information content (AvgIpc) is 2.60. The summed E-state index contributed by atoms with van der Waals surface area (Å²) in [4.78, 5) is 2.56. The SMILES string of the molecule is Cc1cccc(C)c1CN(Cc1c(C)cccc1C)c1c(C)cccc1C. The van der Waals surface area contributed by atoms with Crippen LogP contribution in [0.25, 0.3) is 0 Å². The number of nitrogens with zero attached hydrogens (tertiary/aromatic N) is 1. The Morgan fingerprint density at radius 3 is 1.11 bits per heavy atom. The van der Waals surface area contributed by atoms with E-state index in [1.165, 1.54) is 50.2 Å². The number of para-hydroxylation sites is 1. The first-order valence-electron chi connectivity index (χ1n) is 9.80. The number of hydrogen-bond acceptors (Lipinski definition) is 1. The quantitative estimate of drug-likeness (QED) is 0.488. The molecule has 0 atom stereocenters. The summed E-state index contributed by atoms with van der Waals surface area (Å²) in [6.07, 6.45) is 0. The van der Waals surface area contributed by atoms with E-state index in [1.54, 1.807) is 0 Å². The molecule has 0 radical (unpaired) electrons. The van der Waals surface area contributed by atoms with Crippen LogP contribution in [0.3, 0.4) is 0 Å². The first kappa shape index (κ1) is 19.2. The van der Waals surface area contributed by atoms with Gasteiger partial charge in [-0.1, -0.05) is 54.6 Å². The van der Waals surface area contributed by atoms with Gasteiger partial charge in [0.25, 0.3) is 0 Å². The molecule has 0 aromatic heterocycles. The lowest BCUT2D eigenvalue weighted by molar-refractivity contribution is 0.778. The molecule has 0 heterocycles. The van der Waals surface area contributed by atoms with Gasteiger partial charge in [-0.2, -0.15) is 0 Å². The van der Waals surface area contributed by atoms with Crippen molar-refractivity contribution in [2.45, 2.75) is 54.6 Å². The van der Waals surface area contributed by atoms with Crippen molar-refractivity contribution in [1.82, 2.24) is 0 Å². The molecule has 3 aromatic carbocycles. The molecule has 0 aliphatic carbocycles. The molecule has 0 fully saturated rings. The molecule has 0 spiro atoms. The van der Waals surface area contributed by atoms with E-state index in [9.17, 15) is 0 Å². The highest BCUT2D eigenvalue weighted by Gasteiger charge is 2.17. The molecule has 0 aliphatic rings. The Morgan fingerprint density at radius 2 is 0.778 bits per heavy atom. The molecule has 1 nitrogen and oxygen atoms in total. The number of hydrogen-bond donors (Lipinski definition) is 0. The first-order chi connectivity index (χ1) is 12.9. The lowest BCUT2D eigenvalue weighted by atomic mass is 9.98. The van der Waals surface area contributed by atoms with Gasteiger partial charge in [0.1, 0.15) is 0 Å². The molecule has 0 N–H and O–H groups in total. The van der Waals surface area contributed by atoms with Crippen LogP contribution in [0.4, 0.5) is 5.69 Å². The summed E-state index contributed by atoms with van der Waals surface area (Å²) in [7, 11) is 0. The Balaban J connectivity index is 2.10. The minimum atomic E-state index is 0.929. The van der Waals surface area contributed by atoms with E-state index in [-0.39, 0.29) is 0 Å². The second-order valence-corrected chi connectivity index (χ2v) is 7.84. The van der Waals surface area contributed by atoms with Crippen LogP contribution in [-0.4, -0.2) is 0 Å². The van der Waals surface area contributed by atoms with E-state index < -0.39 is 0 Å². The third kappa shape index (κ3) is 4.08. The van der Waals surface area contributed by atoms with Gasteiger partial charge in [0.2, 0.25) is 0 Å². The minimum Gasteiger partial charge on any atom is -0.362 e. The van der Waals surface area contributed by atoms with Crippen molar-refractivity contribution < 1.29 is 0 Å². The van der Waals surface area contributed by atoms with E-state index in [1.807, 2.05) is 0 Å². The lowest BCUT2D eigenvalue weighted by Crippen LogP contribution is -2.25. The topological polar surface area (TPSA) is 3.24 Å². The van der Waals surface area contributed by atoms with Crippen molar-refractivity contribution in [2.24, 2.45) is 0 Å². The molecule has 0 aliphatic heterocycles. The van der Waals surface area contributed by atoms with E-state index in [0.29, 0.717) is 0 Å². The fraction of sp³-hybridized carbons (Fsp3) is 0.308. The van der Waals surface area contributed by atoms with Crippen LogP contribution in [0.1, 0.15) is 44.5 Å². The van der Waals surface area contributed by atoms with Crippen molar-refractivity contribution in [1.29, 1.82) is 0 Å². The zero-order valence-corrected chi connectivity index (χ0v) is 17.6. The molecule has 0 saturated carbocycles.